The van der Waals surface area contributed by atoms with E-state index in [2.05, 4.69) is 19.2 Å². The smallest absolute Gasteiger partial charge is 0.305 e. The molecule has 84 heavy (non-hydrogen) atoms. The van der Waals surface area contributed by atoms with Gasteiger partial charge in [-0.05, 0) is 25.7 Å². The van der Waals surface area contributed by atoms with E-state index < -0.39 is 12.1 Å². The molecule has 0 heterocycles. The summed E-state index contributed by atoms with van der Waals surface area (Å²) in [6, 6.07) is -0.540. The average molecular weight is 1190 g/mol. The molecule has 0 radical (unpaired) electrons. The van der Waals surface area contributed by atoms with Gasteiger partial charge in [-0.3, -0.25) is 9.59 Å². The van der Waals surface area contributed by atoms with Crippen LogP contribution in [0, 0.1) is 0 Å². The molecule has 0 aliphatic heterocycles. The van der Waals surface area contributed by atoms with E-state index >= 15 is 0 Å². The van der Waals surface area contributed by atoms with E-state index in [0.29, 0.717) is 25.9 Å². The molecule has 0 rings (SSSR count). The second-order valence-electron chi connectivity index (χ2n) is 27.4. The number of aliphatic hydroxyl groups excluding tert-OH is 2. The maximum atomic E-state index is 12.6. The van der Waals surface area contributed by atoms with Gasteiger partial charge in [0.05, 0.1) is 25.4 Å². The minimum absolute atomic E-state index is 0.0235. The number of carbonyl (C=O) groups excluding carboxylic acids is 2. The summed E-state index contributed by atoms with van der Waals surface area (Å²) in [7, 11) is 0. The van der Waals surface area contributed by atoms with E-state index in [-0.39, 0.29) is 18.5 Å². The molecule has 0 bridgehead atoms. The quantitative estimate of drug-likeness (QED) is 0.0417. The fourth-order valence-corrected chi connectivity index (χ4v) is 12.9. The van der Waals surface area contributed by atoms with E-state index in [1.165, 1.54) is 392 Å². The van der Waals surface area contributed by atoms with Crippen LogP contribution in [0.25, 0.3) is 0 Å². The third kappa shape index (κ3) is 70.0. The van der Waals surface area contributed by atoms with Crippen LogP contribution in [0.2, 0.25) is 0 Å². The van der Waals surface area contributed by atoms with Gasteiger partial charge in [0, 0.05) is 12.8 Å². The molecular weight excluding hydrogens is 1030 g/mol. The maximum absolute atomic E-state index is 12.6. The molecule has 6 nitrogen and oxygen atoms in total. The molecule has 6 heteroatoms. The summed E-state index contributed by atoms with van der Waals surface area (Å²) in [5.41, 5.74) is 0. The summed E-state index contributed by atoms with van der Waals surface area (Å²) in [6.07, 6.45) is 91.8. The fourth-order valence-electron chi connectivity index (χ4n) is 12.9. The van der Waals surface area contributed by atoms with E-state index in [9.17, 15) is 19.8 Å². The SMILES string of the molecule is CCCCCCCCCCCCCCCCCCCCCCCCCC(O)C(CO)NC(=O)CCCCCCCCCCCCCCCCCCCCCCCCCCCCOC(=O)CCCCCCCCCCCCCCCCCCCC. The van der Waals surface area contributed by atoms with Crippen LogP contribution in [0.1, 0.15) is 463 Å². The van der Waals surface area contributed by atoms with Gasteiger partial charge in [0.25, 0.3) is 0 Å². The first-order chi connectivity index (χ1) is 41.5. The monoisotopic (exact) mass is 1190 g/mol. The normalized spacial score (nSPS) is 12.4. The first-order valence-corrected chi connectivity index (χ1v) is 39.3. The zero-order chi connectivity index (χ0) is 60.6. The number of carbonyl (C=O) groups is 2. The predicted molar refractivity (Wildman–Crippen MR) is 371 cm³/mol. The van der Waals surface area contributed by atoms with Crippen LogP contribution in [0.5, 0.6) is 0 Å². The van der Waals surface area contributed by atoms with Gasteiger partial charge in [0.1, 0.15) is 0 Å². The first kappa shape index (κ1) is 82.9. The molecule has 0 aromatic rings. The molecule has 0 aliphatic rings. The Kier molecular flexibility index (Phi) is 73.3. The number of hydrogen-bond acceptors (Lipinski definition) is 5. The van der Waals surface area contributed by atoms with Gasteiger partial charge in [-0.1, -0.05) is 425 Å². The van der Waals surface area contributed by atoms with Gasteiger partial charge < -0.3 is 20.3 Å². The molecule has 0 aliphatic carbocycles. The first-order valence-electron chi connectivity index (χ1n) is 39.3. The Hall–Kier alpha value is -1.14. The molecule has 502 valence electrons. The molecule has 2 atom stereocenters. The van der Waals surface area contributed by atoms with Crippen LogP contribution in [0.4, 0.5) is 0 Å². The van der Waals surface area contributed by atoms with E-state index in [1.807, 2.05) is 0 Å². The third-order valence-electron chi connectivity index (χ3n) is 18.9. The highest BCUT2D eigenvalue weighted by Gasteiger charge is 2.20. The van der Waals surface area contributed by atoms with Gasteiger partial charge in [-0.15, -0.1) is 0 Å². The van der Waals surface area contributed by atoms with E-state index in [1.54, 1.807) is 0 Å². The molecule has 0 saturated carbocycles. The summed E-state index contributed by atoms with van der Waals surface area (Å²) in [5.74, 6) is -0.00279. The van der Waals surface area contributed by atoms with Crippen molar-refractivity contribution in [2.24, 2.45) is 0 Å². The molecule has 0 saturated heterocycles. The lowest BCUT2D eigenvalue weighted by Gasteiger charge is -2.22. The number of esters is 1. The standard InChI is InChI=1S/C78H155NO5/c1-3-5-7-9-11-13-15-17-19-21-23-24-29-32-35-38-42-46-50-54-58-62-66-70-76(81)75(74-80)79-77(82)71-67-63-59-55-51-47-43-39-36-33-30-27-25-26-28-31-34-37-41-45-49-53-57-61-65-69-73-84-78(83)72-68-64-60-56-52-48-44-40-22-20-18-16-14-12-10-8-6-4-2/h75-76,80-81H,3-74H2,1-2H3,(H,79,82). The Morgan fingerprint density at radius 3 is 0.726 bits per heavy atom. The van der Waals surface area contributed by atoms with Crippen molar-refractivity contribution in [1.82, 2.24) is 5.32 Å². The number of hydrogen-bond donors (Lipinski definition) is 3. The van der Waals surface area contributed by atoms with Crippen molar-refractivity contribution in [2.75, 3.05) is 13.2 Å². The molecular formula is C78H155NO5. The second kappa shape index (κ2) is 74.3. The van der Waals surface area contributed by atoms with Crippen molar-refractivity contribution in [1.29, 1.82) is 0 Å². The summed E-state index contributed by atoms with van der Waals surface area (Å²) < 4.78 is 5.52. The van der Waals surface area contributed by atoms with Gasteiger partial charge in [-0.25, -0.2) is 0 Å². The van der Waals surface area contributed by atoms with Crippen molar-refractivity contribution in [3.63, 3.8) is 0 Å². The lowest BCUT2D eigenvalue weighted by Crippen LogP contribution is -2.45. The van der Waals surface area contributed by atoms with Crippen LogP contribution in [0.15, 0.2) is 0 Å². The van der Waals surface area contributed by atoms with Crippen molar-refractivity contribution in [2.45, 2.75) is 475 Å². The molecule has 0 spiro atoms. The highest BCUT2D eigenvalue weighted by atomic mass is 16.5. The minimum Gasteiger partial charge on any atom is -0.466 e. The number of aliphatic hydroxyl groups is 2. The summed E-state index contributed by atoms with van der Waals surface area (Å²) in [4.78, 5) is 24.7. The van der Waals surface area contributed by atoms with Crippen molar-refractivity contribution < 1.29 is 24.5 Å². The number of amides is 1. The Morgan fingerprint density at radius 2 is 0.488 bits per heavy atom. The molecule has 0 aromatic heterocycles. The zero-order valence-electron chi connectivity index (χ0n) is 57.7. The molecule has 0 fully saturated rings. The van der Waals surface area contributed by atoms with Crippen LogP contribution in [-0.2, 0) is 14.3 Å². The Bertz CT molecular complexity index is 1230. The van der Waals surface area contributed by atoms with Gasteiger partial charge >= 0.3 is 5.97 Å². The van der Waals surface area contributed by atoms with Gasteiger partial charge in [-0.2, -0.15) is 0 Å². The van der Waals surface area contributed by atoms with Crippen LogP contribution in [0.3, 0.4) is 0 Å². The molecule has 1 amide bonds. The molecule has 3 N–H and O–H groups in total. The number of rotatable bonds is 75. The van der Waals surface area contributed by atoms with Crippen molar-refractivity contribution in [3.8, 4) is 0 Å². The third-order valence-corrected chi connectivity index (χ3v) is 18.9. The van der Waals surface area contributed by atoms with Gasteiger partial charge in [0.15, 0.2) is 0 Å². The topological polar surface area (TPSA) is 95.9 Å². The Labute approximate surface area is 527 Å². The van der Waals surface area contributed by atoms with E-state index in [4.69, 9.17) is 4.74 Å². The molecule has 0 aromatic carbocycles. The van der Waals surface area contributed by atoms with Gasteiger partial charge in [0.2, 0.25) is 5.91 Å². The Balaban J connectivity index is 3.33. The highest BCUT2D eigenvalue weighted by Crippen LogP contribution is 2.21. The van der Waals surface area contributed by atoms with E-state index in [0.717, 1.165) is 38.5 Å². The summed E-state index contributed by atoms with van der Waals surface area (Å²) >= 11 is 0. The molecule has 2 unspecified atom stereocenters. The minimum atomic E-state index is -0.663. The predicted octanol–water partition coefficient (Wildman–Crippen LogP) is 25.7. The number of unbranched alkanes of at least 4 members (excludes halogenated alkanes) is 64. The lowest BCUT2D eigenvalue weighted by atomic mass is 10.0. The Morgan fingerprint density at radius 1 is 0.286 bits per heavy atom. The van der Waals surface area contributed by atoms with Crippen molar-refractivity contribution >= 4 is 11.9 Å². The summed E-state index contributed by atoms with van der Waals surface area (Å²) in [5, 5.41) is 23.5. The fraction of sp³-hybridized carbons (Fsp3) is 0.974. The van der Waals surface area contributed by atoms with Crippen molar-refractivity contribution in [3.05, 3.63) is 0 Å². The summed E-state index contributed by atoms with van der Waals surface area (Å²) in [6.45, 7) is 5.02. The second-order valence-corrected chi connectivity index (χ2v) is 27.4. The number of nitrogens with one attached hydrogen (secondary N) is 1. The van der Waals surface area contributed by atoms with Crippen LogP contribution in [-0.4, -0.2) is 47.4 Å². The van der Waals surface area contributed by atoms with Crippen LogP contribution < -0.4 is 5.32 Å². The lowest BCUT2D eigenvalue weighted by molar-refractivity contribution is -0.143. The zero-order valence-corrected chi connectivity index (χ0v) is 57.7. The average Bonchev–Trinajstić information content (AvgIpc) is 3.51. The maximum Gasteiger partial charge on any atom is 0.305 e. The number of ether oxygens (including phenoxy) is 1. The van der Waals surface area contributed by atoms with Crippen LogP contribution >= 0.6 is 0 Å². The highest BCUT2D eigenvalue weighted by molar-refractivity contribution is 5.76. The largest absolute Gasteiger partial charge is 0.466 e.